The van der Waals surface area contributed by atoms with Crippen molar-refractivity contribution in [2.24, 2.45) is 11.8 Å². The molecule has 2 aromatic heterocycles. The summed E-state index contributed by atoms with van der Waals surface area (Å²) >= 11 is 0. The first-order chi connectivity index (χ1) is 35.4. The van der Waals surface area contributed by atoms with E-state index in [0.29, 0.717) is 25.8 Å². The summed E-state index contributed by atoms with van der Waals surface area (Å²) in [5.74, 6) is -4.44. The summed E-state index contributed by atoms with van der Waals surface area (Å²) in [6.07, 6.45) is 5.36. The van der Waals surface area contributed by atoms with Gasteiger partial charge < -0.3 is 24.0 Å². The lowest BCUT2D eigenvalue weighted by Gasteiger charge is -2.41. The van der Waals surface area contributed by atoms with Gasteiger partial charge >= 0.3 is 11.9 Å². The zero-order valence-corrected chi connectivity index (χ0v) is 41.5. The van der Waals surface area contributed by atoms with E-state index in [1.54, 1.807) is 19.2 Å². The van der Waals surface area contributed by atoms with Gasteiger partial charge in [-0.05, 0) is 81.2 Å². The van der Waals surface area contributed by atoms with Gasteiger partial charge in [-0.2, -0.15) is 10.2 Å². The molecule has 4 aromatic carbocycles. The van der Waals surface area contributed by atoms with Crippen LogP contribution in [0.4, 0.5) is 0 Å². The van der Waals surface area contributed by atoms with Crippen LogP contribution in [0.2, 0.25) is 0 Å². The third-order valence-corrected chi connectivity index (χ3v) is 15.1. The van der Waals surface area contributed by atoms with Crippen LogP contribution in [0.25, 0.3) is 0 Å². The van der Waals surface area contributed by atoms with Crippen molar-refractivity contribution in [3.05, 3.63) is 187 Å². The second-order valence-corrected chi connectivity index (χ2v) is 20.3. The van der Waals surface area contributed by atoms with E-state index in [9.17, 15) is 28.8 Å². The molecule has 5 unspecified atom stereocenters. The molecular weight excluding hydrogens is 925 g/mol. The van der Waals surface area contributed by atoms with Crippen molar-refractivity contribution in [3.63, 3.8) is 0 Å². The van der Waals surface area contributed by atoms with Gasteiger partial charge in [-0.3, -0.25) is 38.1 Å². The number of nitrogens with zero attached hydrogens (tertiary/aromatic N) is 6. The predicted molar refractivity (Wildman–Crippen MR) is 272 cm³/mol. The molecule has 5 heterocycles. The number of carbonyl (C=O) groups is 4. The van der Waals surface area contributed by atoms with Gasteiger partial charge in [0, 0.05) is 43.6 Å². The fourth-order valence-electron chi connectivity index (χ4n) is 11.4. The zero-order chi connectivity index (χ0) is 50.9. The van der Waals surface area contributed by atoms with Crippen molar-refractivity contribution >= 4 is 23.8 Å². The Morgan fingerprint density at radius 1 is 0.562 bits per heavy atom. The number of aromatic nitrogens is 4. The minimum absolute atomic E-state index is 0.0608. The highest BCUT2D eigenvalue weighted by Gasteiger charge is 2.44. The van der Waals surface area contributed by atoms with E-state index in [4.69, 9.17) is 14.2 Å². The van der Waals surface area contributed by atoms with Crippen LogP contribution in [-0.4, -0.2) is 84.9 Å². The van der Waals surface area contributed by atoms with Gasteiger partial charge in [0.25, 0.3) is 11.8 Å². The molecule has 6 aromatic rings. The highest BCUT2D eigenvalue weighted by Crippen LogP contribution is 2.44. The average molecular weight is 985 g/mol. The van der Waals surface area contributed by atoms with Crippen molar-refractivity contribution in [2.45, 2.75) is 108 Å². The molecule has 2 fully saturated rings. The van der Waals surface area contributed by atoms with E-state index in [1.807, 2.05) is 143 Å². The first-order valence-electron chi connectivity index (χ1n) is 25.5. The van der Waals surface area contributed by atoms with Crippen molar-refractivity contribution < 1.29 is 33.4 Å². The van der Waals surface area contributed by atoms with Gasteiger partial charge in [-0.25, -0.2) is 0 Å². The molecule has 15 nitrogen and oxygen atoms in total. The van der Waals surface area contributed by atoms with Crippen molar-refractivity contribution in [3.8, 4) is 11.5 Å². The number of benzene rings is 4. The third kappa shape index (κ3) is 9.65. The van der Waals surface area contributed by atoms with Gasteiger partial charge in [0.05, 0.1) is 42.4 Å². The lowest BCUT2D eigenvalue weighted by atomic mass is 9.82. The summed E-state index contributed by atoms with van der Waals surface area (Å²) in [5.41, 5.74) is 3.15. The maximum Gasteiger partial charge on any atom is 0.314 e. The molecular formula is C58H60N6O9. The summed E-state index contributed by atoms with van der Waals surface area (Å²) in [4.78, 5) is 87.6. The maximum atomic E-state index is 14.5. The van der Waals surface area contributed by atoms with Crippen LogP contribution in [-0.2, 0) is 14.3 Å². The van der Waals surface area contributed by atoms with E-state index >= 15 is 0 Å². The molecule has 1 aliphatic carbocycles. The van der Waals surface area contributed by atoms with Crippen molar-refractivity contribution in [1.29, 1.82) is 0 Å². The number of ether oxygens (including phenoxy) is 3. The molecule has 15 heteroatoms. The number of fused-ring (bicyclic) bond motifs is 2. The highest BCUT2D eigenvalue weighted by atomic mass is 16.5. The topological polar surface area (TPSA) is 172 Å². The number of rotatable bonds is 13. The van der Waals surface area contributed by atoms with Crippen LogP contribution < -0.4 is 20.3 Å². The molecule has 0 bridgehead atoms. The normalized spacial score (nSPS) is 20.5. The second-order valence-electron chi connectivity index (χ2n) is 20.3. The first-order valence-corrected chi connectivity index (χ1v) is 25.5. The van der Waals surface area contributed by atoms with Gasteiger partial charge in [0.15, 0.2) is 11.4 Å². The fraction of sp³-hybridized carbons (Fsp3) is 0.379. The molecule has 10 rings (SSSR count). The molecule has 5 atom stereocenters. The minimum Gasteiger partial charge on any atom is -0.420 e. The molecule has 0 radical (unpaired) electrons. The predicted octanol–water partition coefficient (Wildman–Crippen LogP) is 8.44. The minimum atomic E-state index is -0.695. The van der Waals surface area contributed by atoms with Crippen LogP contribution in [0.3, 0.4) is 0 Å². The lowest BCUT2D eigenvalue weighted by Crippen LogP contribution is -2.50. The van der Waals surface area contributed by atoms with E-state index in [-0.39, 0.29) is 66.4 Å². The van der Waals surface area contributed by atoms with Crippen LogP contribution in [0.5, 0.6) is 11.5 Å². The third-order valence-electron chi connectivity index (χ3n) is 15.1. The Labute approximate surface area is 423 Å². The quantitative estimate of drug-likeness (QED) is 0.102. The fourth-order valence-corrected chi connectivity index (χ4v) is 11.4. The number of hydrogen-bond donors (Lipinski definition) is 0. The summed E-state index contributed by atoms with van der Waals surface area (Å²) in [5, 5.41) is 9.16. The summed E-state index contributed by atoms with van der Waals surface area (Å²) in [6.45, 7) is 8.43. The molecule has 0 spiro atoms. The van der Waals surface area contributed by atoms with Crippen molar-refractivity contribution in [1.82, 2.24) is 29.4 Å². The Bertz CT molecular complexity index is 3090. The van der Waals surface area contributed by atoms with E-state index in [0.717, 1.165) is 53.1 Å². The standard InChI is InChI=1S/C58H60N6O9/c1-35(2)61-33-44(49(37-17-8-5-9-18-37)38-19-10-6-11-20-38)63-52(56(61)68)54(47(66)32-59-63)73-58(70)43-27-28-71-48(30-43)41-25-16-26-42(29-41)50(39-21-12-7-13-22-39)45-34-62(36(3)4)55(67)51-53(46(65)31-60-64(45)51)72-57(69)40-23-14-15-24-40/h5-13,16-22,25-26,29,31-32,35-36,40,43-45,48-50H,14-15,23-24,27-28,30,33-34H2,1-4H3. The average Bonchev–Trinajstić information content (AvgIpc) is 3.96. The summed E-state index contributed by atoms with van der Waals surface area (Å²) < 4.78 is 21.6. The van der Waals surface area contributed by atoms with Crippen LogP contribution in [0.15, 0.2) is 137 Å². The Hall–Kier alpha value is -7.52. The molecule has 1 saturated heterocycles. The van der Waals surface area contributed by atoms with Crippen LogP contribution in [0, 0.1) is 11.8 Å². The maximum absolute atomic E-state index is 14.5. The Kier molecular flexibility index (Phi) is 14.1. The van der Waals surface area contributed by atoms with Gasteiger partial charge in [0.1, 0.15) is 0 Å². The second kappa shape index (κ2) is 20.9. The Balaban J connectivity index is 0.966. The van der Waals surface area contributed by atoms with Gasteiger partial charge in [0.2, 0.25) is 22.4 Å². The van der Waals surface area contributed by atoms with E-state index < -0.39 is 64.6 Å². The summed E-state index contributed by atoms with van der Waals surface area (Å²) in [6, 6.07) is 36.2. The number of hydrogen-bond acceptors (Lipinski definition) is 11. The molecule has 0 N–H and O–H groups in total. The highest BCUT2D eigenvalue weighted by molar-refractivity contribution is 5.97. The molecule has 73 heavy (non-hydrogen) atoms. The largest absolute Gasteiger partial charge is 0.420 e. The Morgan fingerprint density at radius 3 is 1.47 bits per heavy atom. The number of esters is 2. The van der Waals surface area contributed by atoms with E-state index in [2.05, 4.69) is 10.2 Å². The van der Waals surface area contributed by atoms with Crippen molar-refractivity contribution in [2.75, 3.05) is 19.7 Å². The number of carbonyl (C=O) groups excluding carboxylic acids is 4. The van der Waals surface area contributed by atoms with Gasteiger partial charge in [-0.15, -0.1) is 0 Å². The molecule has 2 amide bonds. The summed E-state index contributed by atoms with van der Waals surface area (Å²) in [7, 11) is 0. The molecule has 3 aliphatic heterocycles. The molecule has 1 saturated carbocycles. The van der Waals surface area contributed by atoms with Gasteiger partial charge in [-0.1, -0.05) is 128 Å². The molecule has 376 valence electrons. The zero-order valence-electron chi connectivity index (χ0n) is 41.5. The van der Waals surface area contributed by atoms with Crippen LogP contribution >= 0.6 is 0 Å². The SMILES string of the molecule is CC(C)N1CC(C(c2ccccc2)c2cccc(C3CC(C(=O)Oc4c5n(ncc4=O)C(C(c4ccccc4)c4ccccc4)CN(C(C)C)C5=O)CCO3)c2)n2ncc(=O)c(OC(=O)C3CCCC3)c2C1=O. The number of amides is 2. The molecule has 4 aliphatic rings. The smallest absolute Gasteiger partial charge is 0.314 e. The first kappa shape index (κ1) is 49.1. The lowest BCUT2D eigenvalue weighted by molar-refractivity contribution is -0.144. The van der Waals surface area contributed by atoms with Crippen LogP contribution in [0.1, 0.15) is 145 Å². The monoisotopic (exact) mass is 984 g/mol. The van der Waals surface area contributed by atoms with E-state index in [1.165, 1.54) is 0 Å². The Morgan fingerprint density at radius 2 is 1.00 bits per heavy atom.